The number of ether oxygens (including phenoxy) is 2. The summed E-state index contributed by atoms with van der Waals surface area (Å²) in [5, 5.41) is 6.83. The van der Waals surface area contributed by atoms with Crippen LogP contribution >= 0.6 is 0 Å². The average Bonchev–Trinajstić information content (AvgIpc) is 2.57. The molecule has 0 aromatic heterocycles. The lowest BCUT2D eigenvalue weighted by atomic mass is 9.91. The maximum absolute atomic E-state index is 6.21. The molecule has 0 bridgehead atoms. The molecule has 2 heterocycles. The van der Waals surface area contributed by atoms with E-state index in [1.165, 1.54) is 24.8 Å². The summed E-state index contributed by atoms with van der Waals surface area (Å²) in [7, 11) is 1.72. The summed E-state index contributed by atoms with van der Waals surface area (Å²) in [6, 6.07) is 6.43. The van der Waals surface area contributed by atoms with E-state index in [-0.39, 0.29) is 6.10 Å². The third kappa shape index (κ3) is 4.14. The number of hydrogen-bond acceptors (Lipinski definition) is 4. The van der Waals surface area contributed by atoms with Crippen molar-refractivity contribution in [2.45, 2.75) is 38.2 Å². The third-order valence-corrected chi connectivity index (χ3v) is 4.76. The Hall–Kier alpha value is -1.26. The van der Waals surface area contributed by atoms with Gasteiger partial charge in [-0.1, -0.05) is 6.07 Å². The van der Waals surface area contributed by atoms with Gasteiger partial charge in [0.25, 0.3) is 0 Å². The molecule has 2 aliphatic rings. The maximum atomic E-state index is 6.21. The zero-order chi connectivity index (χ0) is 15.2. The second-order valence-corrected chi connectivity index (χ2v) is 6.47. The molecule has 0 amide bonds. The highest BCUT2D eigenvalue weighted by Gasteiger charge is 2.18. The second-order valence-electron chi connectivity index (χ2n) is 6.47. The molecule has 1 atom stereocenters. The van der Waals surface area contributed by atoms with Crippen LogP contribution in [-0.2, 0) is 6.42 Å². The molecule has 0 radical (unpaired) electrons. The number of methoxy groups -OCH3 is 1. The predicted octanol–water partition coefficient (Wildman–Crippen LogP) is 2.37. The van der Waals surface area contributed by atoms with E-state index in [2.05, 4.69) is 28.8 Å². The Bertz CT molecular complexity index is 466. The summed E-state index contributed by atoms with van der Waals surface area (Å²) in [5.41, 5.74) is 1.37. The van der Waals surface area contributed by atoms with E-state index >= 15 is 0 Å². The van der Waals surface area contributed by atoms with Crippen molar-refractivity contribution < 1.29 is 9.47 Å². The number of nitrogens with one attached hydrogen (secondary N) is 2. The monoisotopic (exact) mass is 304 g/mol. The molecule has 1 aromatic carbocycles. The summed E-state index contributed by atoms with van der Waals surface area (Å²) >= 11 is 0. The smallest absolute Gasteiger partial charge is 0.161 e. The minimum Gasteiger partial charge on any atom is -0.493 e. The minimum atomic E-state index is 0.261. The average molecular weight is 304 g/mol. The number of hydrogen-bond donors (Lipinski definition) is 2. The van der Waals surface area contributed by atoms with Crippen LogP contribution in [0.2, 0.25) is 0 Å². The molecule has 2 fully saturated rings. The first-order chi connectivity index (χ1) is 10.8. The summed E-state index contributed by atoms with van der Waals surface area (Å²) in [6.45, 7) is 4.34. The van der Waals surface area contributed by atoms with Gasteiger partial charge < -0.3 is 20.1 Å². The van der Waals surface area contributed by atoms with Crippen LogP contribution in [0.5, 0.6) is 11.5 Å². The second kappa shape index (κ2) is 7.84. The van der Waals surface area contributed by atoms with Gasteiger partial charge in [0.1, 0.15) is 6.10 Å². The first-order valence-electron chi connectivity index (χ1n) is 8.60. The molecule has 2 saturated heterocycles. The number of piperidine rings is 2. The van der Waals surface area contributed by atoms with Gasteiger partial charge in [0, 0.05) is 6.54 Å². The topological polar surface area (TPSA) is 42.5 Å². The van der Waals surface area contributed by atoms with Crippen LogP contribution in [0.1, 0.15) is 31.2 Å². The number of rotatable bonds is 5. The Morgan fingerprint density at radius 1 is 1.05 bits per heavy atom. The fourth-order valence-corrected chi connectivity index (χ4v) is 3.46. The highest BCUT2D eigenvalue weighted by molar-refractivity contribution is 5.43. The highest BCUT2D eigenvalue weighted by atomic mass is 16.5. The van der Waals surface area contributed by atoms with Crippen LogP contribution < -0.4 is 20.1 Å². The molecule has 3 rings (SSSR count). The molecule has 1 aromatic rings. The third-order valence-electron chi connectivity index (χ3n) is 4.76. The summed E-state index contributed by atoms with van der Waals surface area (Å²) < 4.78 is 11.7. The first-order valence-corrected chi connectivity index (χ1v) is 8.60. The lowest BCUT2D eigenvalue weighted by molar-refractivity contribution is 0.161. The molecule has 2 N–H and O–H groups in total. The van der Waals surface area contributed by atoms with Crippen molar-refractivity contribution in [3.63, 3.8) is 0 Å². The van der Waals surface area contributed by atoms with Crippen LogP contribution in [0.15, 0.2) is 18.2 Å². The van der Waals surface area contributed by atoms with Crippen molar-refractivity contribution in [2.75, 3.05) is 33.3 Å². The van der Waals surface area contributed by atoms with E-state index in [0.717, 1.165) is 56.4 Å². The molecule has 1 unspecified atom stereocenters. The van der Waals surface area contributed by atoms with Gasteiger partial charge in [0.2, 0.25) is 0 Å². The Morgan fingerprint density at radius 2 is 1.91 bits per heavy atom. The quantitative estimate of drug-likeness (QED) is 0.876. The van der Waals surface area contributed by atoms with Gasteiger partial charge in [-0.3, -0.25) is 0 Å². The molecule has 4 nitrogen and oxygen atoms in total. The van der Waals surface area contributed by atoms with Gasteiger partial charge in [-0.15, -0.1) is 0 Å². The molecule has 122 valence electrons. The predicted molar refractivity (Wildman–Crippen MR) is 88.8 cm³/mol. The van der Waals surface area contributed by atoms with Crippen molar-refractivity contribution in [1.82, 2.24) is 10.6 Å². The zero-order valence-corrected chi connectivity index (χ0v) is 13.6. The van der Waals surface area contributed by atoms with E-state index in [0.29, 0.717) is 0 Å². The van der Waals surface area contributed by atoms with Crippen molar-refractivity contribution in [3.05, 3.63) is 23.8 Å². The molecule has 4 heteroatoms. The van der Waals surface area contributed by atoms with Crippen molar-refractivity contribution in [2.24, 2.45) is 5.92 Å². The van der Waals surface area contributed by atoms with Gasteiger partial charge >= 0.3 is 0 Å². The first kappa shape index (κ1) is 15.6. The Morgan fingerprint density at radius 3 is 2.64 bits per heavy atom. The highest BCUT2D eigenvalue weighted by Crippen LogP contribution is 2.31. The van der Waals surface area contributed by atoms with E-state index in [1.807, 2.05) is 0 Å². The lowest BCUT2D eigenvalue weighted by Crippen LogP contribution is -2.37. The molecule has 0 aliphatic carbocycles. The van der Waals surface area contributed by atoms with Crippen molar-refractivity contribution in [1.29, 1.82) is 0 Å². The van der Waals surface area contributed by atoms with Gasteiger partial charge in [-0.25, -0.2) is 0 Å². The largest absolute Gasteiger partial charge is 0.493 e. The van der Waals surface area contributed by atoms with Gasteiger partial charge in [0.15, 0.2) is 11.5 Å². The van der Waals surface area contributed by atoms with E-state index < -0.39 is 0 Å². The van der Waals surface area contributed by atoms with E-state index in [9.17, 15) is 0 Å². The van der Waals surface area contributed by atoms with Crippen LogP contribution in [0.3, 0.4) is 0 Å². The maximum Gasteiger partial charge on any atom is 0.161 e. The van der Waals surface area contributed by atoms with Gasteiger partial charge in [0.05, 0.1) is 7.11 Å². The van der Waals surface area contributed by atoms with Gasteiger partial charge in [-0.2, -0.15) is 0 Å². The lowest BCUT2D eigenvalue weighted by Gasteiger charge is -2.26. The standard InChI is InChI=1S/C18H28N2O2/c1-21-17-5-4-15(11-14-6-9-19-10-7-14)12-18(17)22-16-3-2-8-20-13-16/h4-5,12,14,16,19-20H,2-3,6-11,13H2,1H3. The minimum absolute atomic E-state index is 0.261. The fourth-order valence-electron chi connectivity index (χ4n) is 3.46. The summed E-state index contributed by atoms with van der Waals surface area (Å²) in [4.78, 5) is 0. The van der Waals surface area contributed by atoms with E-state index in [4.69, 9.17) is 9.47 Å². The molecular weight excluding hydrogens is 276 g/mol. The van der Waals surface area contributed by atoms with Gasteiger partial charge in [-0.05, 0) is 75.4 Å². The van der Waals surface area contributed by atoms with Crippen LogP contribution in [-0.4, -0.2) is 39.4 Å². The van der Waals surface area contributed by atoms with Crippen LogP contribution in [0, 0.1) is 5.92 Å². The normalized spacial score (nSPS) is 23.2. The van der Waals surface area contributed by atoms with Crippen LogP contribution in [0.4, 0.5) is 0 Å². The van der Waals surface area contributed by atoms with E-state index in [1.54, 1.807) is 7.11 Å². The molecule has 22 heavy (non-hydrogen) atoms. The Labute approximate surface area is 133 Å². The molecule has 0 spiro atoms. The molecular formula is C18H28N2O2. The summed E-state index contributed by atoms with van der Waals surface area (Å²) in [5.74, 6) is 2.54. The van der Waals surface area contributed by atoms with Crippen molar-refractivity contribution in [3.8, 4) is 11.5 Å². The zero-order valence-electron chi connectivity index (χ0n) is 13.6. The fraction of sp³-hybridized carbons (Fsp3) is 0.667. The Balaban J connectivity index is 1.67. The molecule has 2 aliphatic heterocycles. The summed E-state index contributed by atoms with van der Waals surface area (Å²) in [6.07, 6.45) is 6.25. The van der Waals surface area contributed by atoms with Crippen LogP contribution in [0.25, 0.3) is 0 Å². The Kier molecular flexibility index (Phi) is 5.57. The molecule has 0 saturated carbocycles. The van der Waals surface area contributed by atoms with Crippen molar-refractivity contribution >= 4 is 0 Å². The number of benzene rings is 1. The SMILES string of the molecule is COc1ccc(CC2CCNCC2)cc1OC1CCCNC1.